The third-order valence-electron chi connectivity index (χ3n) is 2.31. The van der Waals surface area contributed by atoms with Crippen molar-refractivity contribution < 1.29 is 1.43 Å². The Morgan fingerprint density at radius 3 is 1.17 bits per heavy atom. The third kappa shape index (κ3) is 13.6. The molecule has 0 aromatic rings. The predicted octanol–water partition coefficient (Wildman–Crippen LogP) is 4.22. The second-order valence-electron chi connectivity index (χ2n) is 3.20. The van der Waals surface area contributed by atoms with Crippen molar-refractivity contribution in [2.75, 3.05) is 0 Å². The average Bonchev–Trinajstić information content (AvgIpc) is 2.10. The molecule has 0 heterocycles. The van der Waals surface area contributed by atoms with Gasteiger partial charge >= 0.3 is 39.6 Å². The maximum absolute atomic E-state index is 2.32. The van der Waals surface area contributed by atoms with Crippen molar-refractivity contribution in [3.05, 3.63) is 0 Å². The minimum absolute atomic E-state index is 0. The maximum atomic E-state index is 2.32. The first-order valence-electron chi connectivity index (χ1n) is 5.58. The minimum atomic E-state index is -0.171. The number of hydrogen-bond acceptors (Lipinski definition) is 0. The molecule has 0 aliphatic rings. The number of hydrogen-bond donors (Lipinski definition) is 0. The zero-order chi connectivity index (χ0) is 9.82. The molecule has 0 N–H and O–H groups in total. The Hall–Kier alpha value is 1.06. The van der Waals surface area contributed by atoms with E-state index in [0.717, 1.165) is 15.2 Å². The molecule has 0 fully saturated rings. The summed E-state index contributed by atoms with van der Waals surface area (Å²) in [4.78, 5) is 0. The van der Waals surface area contributed by atoms with E-state index in [-0.39, 0.29) is 15.6 Å². The van der Waals surface area contributed by atoms with Crippen LogP contribution in [0.4, 0.5) is 0 Å². The molecule has 0 amide bonds. The molecule has 0 aromatic carbocycles. The molecule has 72 valence electrons. The van der Waals surface area contributed by atoms with Crippen LogP contribution in [0.1, 0.15) is 36.0 Å². The van der Waals surface area contributed by atoms with Gasteiger partial charge in [0.2, 0.25) is 0 Å². The Bertz CT molecular complexity index is 58.4. The molecule has 0 bridgehead atoms. The standard InChI is InChI=1S/5C2H5.2Al.H/c5*1-2;;;/h5*1H2,2H3;;;/q;;;;;;+1;-1. The summed E-state index contributed by atoms with van der Waals surface area (Å²) in [6.07, 6.45) is 0. The summed E-state index contributed by atoms with van der Waals surface area (Å²) in [5, 5.41) is 7.33. The Balaban J connectivity index is -0.000000150. The monoisotopic (exact) mass is 200 g/mol. The molecular weight excluding hydrogens is 174 g/mol. The van der Waals surface area contributed by atoms with Crippen LogP contribution in [0.25, 0.3) is 0 Å². The molecule has 0 spiro atoms. The summed E-state index contributed by atoms with van der Waals surface area (Å²) in [7, 11) is 0. The summed E-state index contributed by atoms with van der Waals surface area (Å²) in [6, 6.07) is 0. The van der Waals surface area contributed by atoms with E-state index in [9.17, 15) is 0 Å². The molecule has 0 radical (unpaired) electrons. The summed E-state index contributed by atoms with van der Waals surface area (Å²) in [5.41, 5.74) is 0. The summed E-state index contributed by atoms with van der Waals surface area (Å²) in [5.74, 6) is 0. The quantitative estimate of drug-likeness (QED) is 0.583. The molecule has 0 saturated carbocycles. The van der Waals surface area contributed by atoms with E-state index >= 15 is 0 Å². The second kappa shape index (κ2) is 14.6. The summed E-state index contributed by atoms with van der Waals surface area (Å²) < 4.78 is 0. The first-order valence-corrected chi connectivity index (χ1v) is 9.66. The van der Waals surface area contributed by atoms with E-state index < -0.39 is 0 Å². The van der Waals surface area contributed by atoms with E-state index in [2.05, 4.69) is 34.6 Å². The zero-order valence-electron chi connectivity index (χ0n) is 10.7. The topological polar surface area (TPSA) is 0 Å². The van der Waals surface area contributed by atoms with E-state index in [1.807, 2.05) is 0 Å². The first kappa shape index (κ1) is 15.5. The van der Waals surface area contributed by atoms with Gasteiger partial charge in [0.15, 0.2) is 0 Å². The van der Waals surface area contributed by atoms with Crippen molar-refractivity contribution in [2.24, 2.45) is 0 Å². The van der Waals surface area contributed by atoms with Gasteiger partial charge in [-0.3, -0.25) is 0 Å². The average molecular weight is 200 g/mol. The van der Waals surface area contributed by atoms with Gasteiger partial charge < -0.3 is 1.43 Å². The van der Waals surface area contributed by atoms with Crippen LogP contribution in [-0.2, 0) is 0 Å². The molecule has 0 saturated heterocycles. The van der Waals surface area contributed by atoms with Gasteiger partial charge in [-0.15, -0.1) is 0 Å². The molecule has 0 nitrogen and oxygen atoms in total. The van der Waals surface area contributed by atoms with Crippen molar-refractivity contribution in [2.45, 2.75) is 61.0 Å². The van der Waals surface area contributed by atoms with Crippen molar-refractivity contribution in [3.63, 3.8) is 0 Å². The fourth-order valence-corrected chi connectivity index (χ4v) is 3.46. The normalized spacial score (nSPS) is 8.08. The van der Waals surface area contributed by atoms with E-state index in [1.165, 1.54) is 26.4 Å². The number of rotatable bonds is 5. The van der Waals surface area contributed by atoms with Gasteiger partial charge in [-0.05, 0) is 0 Å². The minimum Gasteiger partial charge on any atom is -1.00 e. The van der Waals surface area contributed by atoms with Crippen LogP contribution < -0.4 is 0 Å². The van der Waals surface area contributed by atoms with E-state index in [0.29, 0.717) is 0 Å². The molecular formula is C10H26Al2. The molecule has 0 aliphatic carbocycles. The molecule has 0 rings (SSSR count). The van der Waals surface area contributed by atoms with Gasteiger partial charge in [0, 0.05) is 0 Å². The molecule has 0 aromatic heterocycles. The summed E-state index contributed by atoms with van der Waals surface area (Å²) >= 11 is 0.644. The van der Waals surface area contributed by atoms with Gasteiger partial charge in [-0.2, -0.15) is 0 Å². The molecule has 0 aliphatic heterocycles. The van der Waals surface area contributed by atoms with E-state index in [1.54, 1.807) is 0 Å². The van der Waals surface area contributed by atoms with Crippen molar-refractivity contribution in [3.8, 4) is 0 Å². The molecule has 0 unspecified atom stereocenters. The predicted molar refractivity (Wildman–Crippen MR) is 65.0 cm³/mol. The van der Waals surface area contributed by atoms with Crippen molar-refractivity contribution in [1.82, 2.24) is 0 Å². The van der Waals surface area contributed by atoms with Gasteiger partial charge in [-0.25, -0.2) is 0 Å². The van der Waals surface area contributed by atoms with Crippen molar-refractivity contribution >= 4 is 29.4 Å². The zero-order valence-corrected chi connectivity index (χ0v) is 12.0. The van der Waals surface area contributed by atoms with Crippen LogP contribution in [0, 0.1) is 0 Å². The SMILES string of the molecule is C[CH2][Al+][CH2]C.C[CH2][Al]([CH2]C)[CH2]C.[H-]. The van der Waals surface area contributed by atoms with Gasteiger partial charge in [0.05, 0.1) is 0 Å². The van der Waals surface area contributed by atoms with Gasteiger partial charge in [0.25, 0.3) is 14.1 Å². The Morgan fingerprint density at radius 2 is 1.17 bits per heavy atom. The van der Waals surface area contributed by atoms with Crippen LogP contribution in [0.2, 0.25) is 26.4 Å². The van der Waals surface area contributed by atoms with Crippen LogP contribution >= 0.6 is 0 Å². The largest absolute Gasteiger partial charge is 1.00 e. The van der Waals surface area contributed by atoms with Gasteiger partial charge in [-0.1, -0.05) is 36.6 Å². The van der Waals surface area contributed by atoms with Crippen LogP contribution in [-0.4, -0.2) is 29.4 Å². The van der Waals surface area contributed by atoms with Crippen LogP contribution in [0.15, 0.2) is 0 Å². The smallest absolute Gasteiger partial charge is 0.261 e. The van der Waals surface area contributed by atoms with E-state index in [4.69, 9.17) is 0 Å². The van der Waals surface area contributed by atoms with Crippen LogP contribution in [0.3, 0.4) is 0 Å². The Labute approximate surface area is 91.7 Å². The second-order valence-corrected chi connectivity index (χ2v) is 9.59. The molecule has 0 atom stereocenters. The summed E-state index contributed by atoms with van der Waals surface area (Å²) in [6.45, 7) is 11.5. The van der Waals surface area contributed by atoms with Crippen molar-refractivity contribution in [1.29, 1.82) is 0 Å². The fraction of sp³-hybridized carbons (Fsp3) is 1.00. The molecule has 12 heavy (non-hydrogen) atoms. The Morgan fingerprint density at radius 1 is 0.833 bits per heavy atom. The first-order chi connectivity index (χ1) is 5.76. The van der Waals surface area contributed by atoms with Gasteiger partial charge in [0.1, 0.15) is 0 Å². The third-order valence-corrected chi connectivity index (χ3v) is 6.93. The Kier molecular flexibility index (Phi) is 18.9. The molecule has 2 heteroatoms. The van der Waals surface area contributed by atoms with Crippen LogP contribution in [0.5, 0.6) is 0 Å². The fourth-order valence-electron chi connectivity index (χ4n) is 1.15. The maximum Gasteiger partial charge on any atom is 0.261 e.